The van der Waals surface area contributed by atoms with Crippen LogP contribution in [-0.4, -0.2) is 26.4 Å². The molecule has 3 aromatic rings. The first kappa shape index (κ1) is 14.3. The molecule has 0 aliphatic carbocycles. The van der Waals surface area contributed by atoms with E-state index in [1.165, 1.54) is 0 Å². The third-order valence-electron chi connectivity index (χ3n) is 3.99. The van der Waals surface area contributed by atoms with Gasteiger partial charge in [0, 0.05) is 10.6 Å². The van der Waals surface area contributed by atoms with Crippen LogP contribution in [0.5, 0.6) is 5.75 Å². The minimum absolute atomic E-state index is 0.131. The molecule has 1 aromatic carbocycles. The summed E-state index contributed by atoms with van der Waals surface area (Å²) in [6, 6.07) is 9.74. The van der Waals surface area contributed by atoms with E-state index in [4.69, 9.17) is 16.3 Å². The smallest absolute Gasteiger partial charge is 0.178 e. The van der Waals surface area contributed by atoms with Crippen molar-refractivity contribution in [3.63, 3.8) is 0 Å². The highest BCUT2D eigenvalue weighted by atomic mass is 35.5. The van der Waals surface area contributed by atoms with Crippen LogP contribution in [0.2, 0.25) is 5.02 Å². The Kier molecular flexibility index (Phi) is 3.53. The van der Waals surface area contributed by atoms with Crippen LogP contribution in [0, 0.1) is 6.92 Å². The number of benzene rings is 1. The lowest BCUT2D eigenvalue weighted by atomic mass is 10.0. The largest absolute Gasteiger partial charge is 0.493 e. The van der Waals surface area contributed by atoms with Gasteiger partial charge < -0.3 is 10.1 Å². The lowest BCUT2D eigenvalue weighted by molar-refractivity contribution is 0.316. The number of anilines is 1. The molecule has 1 unspecified atom stereocenters. The molecule has 3 heterocycles. The highest BCUT2D eigenvalue weighted by molar-refractivity contribution is 6.30. The molecule has 1 aliphatic heterocycles. The zero-order valence-corrected chi connectivity index (χ0v) is 13.4. The molecule has 1 aliphatic rings. The summed E-state index contributed by atoms with van der Waals surface area (Å²) in [7, 11) is 0. The van der Waals surface area contributed by atoms with Crippen molar-refractivity contribution < 1.29 is 4.74 Å². The second-order valence-corrected chi connectivity index (χ2v) is 6.04. The molecule has 0 saturated heterocycles. The first-order valence-corrected chi connectivity index (χ1v) is 7.96. The normalized spacial score (nSPS) is 17.4. The van der Waals surface area contributed by atoms with E-state index in [-0.39, 0.29) is 6.04 Å². The van der Waals surface area contributed by atoms with E-state index in [2.05, 4.69) is 20.6 Å². The van der Waals surface area contributed by atoms with E-state index in [0.717, 1.165) is 41.4 Å². The number of nitrogens with one attached hydrogen (secondary N) is 1. The first-order chi connectivity index (χ1) is 11.2. The van der Waals surface area contributed by atoms with Gasteiger partial charge in [-0.3, -0.25) is 0 Å². The molecular weight excluding hydrogens is 314 g/mol. The van der Waals surface area contributed by atoms with Crippen LogP contribution in [0.4, 0.5) is 5.82 Å². The number of halogens is 1. The number of rotatable bonds is 2. The molecule has 2 aromatic heterocycles. The highest BCUT2D eigenvalue weighted by Crippen LogP contribution is 2.35. The van der Waals surface area contributed by atoms with Crippen LogP contribution >= 0.6 is 11.6 Å². The molecule has 0 saturated carbocycles. The standard InChI is InChI=1S/C16H16ClN5O/c1-10-19-20-16-7-6-15(21-22(10)16)18-13-3-2-8-23-14-9-11(17)4-5-12(13)14/h4-7,9,13H,2-3,8H2,1H3,(H,18,21). The first-order valence-electron chi connectivity index (χ1n) is 7.58. The molecule has 118 valence electrons. The third kappa shape index (κ3) is 2.70. The van der Waals surface area contributed by atoms with Gasteiger partial charge in [0.2, 0.25) is 0 Å². The van der Waals surface area contributed by atoms with Gasteiger partial charge in [0.25, 0.3) is 0 Å². The maximum absolute atomic E-state index is 6.08. The van der Waals surface area contributed by atoms with Crippen molar-refractivity contribution in [2.24, 2.45) is 0 Å². The molecule has 0 amide bonds. The van der Waals surface area contributed by atoms with Gasteiger partial charge in [0.15, 0.2) is 11.5 Å². The molecule has 23 heavy (non-hydrogen) atoms. The zero-order chi connectivity index (χ0) is 15.8. The SMILES string of the molecule is Cc1nnc2ccc(NC3CCCOc4cc(Cl)ccc43)nn12. The van der Waals surface area contributed by atoms with Gasteiger partial charge >= 0.3 is 0 Å². The third-order valence-corrected chi connectivity index (χ3v) is 4.22. The lowest BCUT2D eigenvalue weighted by Gasteiger charge is -2.19. The minimum Gasteiger partial charge on any atom is -0.493 e. The van der Waals surface area contributed by atoms with E-state index >= 15 is 0 Å². The highest BCUT2D eigenvalue weighted by Gasteiger charge is 2.20. The van der Waals surface area contributed by atoms with Gasteiger partial charge in [-0.05, 0) is 44.0 Å². The van der Waals surface area contributed by atoms with Crippen molar-refractivity contribution >= 4 is 23.1 Å². The predicted octanol–water partition coefficient (Wildman–Crippen LogP) is 3.41. The fourth-order valence-corrected chi connectivity index (χ4v) is 3.01. The number of hydrogen-bond acceptors (Lipinski definition) is 5. The van der Waals surface area contributed by atoms with Crippen molar-refractivity contribution in [2.75, 3.05) is 11.9 Å². The molecule has 1 atom stereocenters. The van der Waals surface area contributed by atoms with Crippen LogP contribution in [-0.2, 0) is 0 Å². The number of aromatic nitrogens is 4. The number of fused-ring (bicyclic) bond motifs is 2. The predicted molar refractivity (Wildman–Crippen MR) is 88.1 cm³/mol. The monoisotopic (exact) mass is 329 g/mol. The van der Waals surface area contributed by atoms with Crippen LogP contribution in [0.3, 0.4) is 0 Å². The summed E-state index contributed by atoms with van der Waals surface area (Å²) in [4.78, 5) is 0. The quantitative estimate of drug-likeness (QED) is 0.780. The molecule has 0 bridgehead atoms. The van der Waals surface area contributed by atoms with Crippen LogP contribution < -0.4 is 10.1 Å². The Morgan fingerprint density at radius 2 is 2.17 bits per heavy atom. The molecule has 1 N–H and O–H groups in total. The summed E-state index contributed by atoms with van der Waals surface area (Å²) in [6.45, 7) is 2.58. The molecular formula is C16H16ClN5O. The van der Waals surface area contributed by atoms with Gasteiger partial charge in [-0.2, -0.15) is 4.52 Å². The summed E-state index contributed by atoms with van der Waals surface area (Å²) in [5.74, 6) is 2.39. The summed E-state index contributed by atoms with van der Waals surface area (Å²) in [5.41, 5.74) is 1.85. The Hall–Kier alpha value is -2.34. The van der Waals surface area contributed by atoms with Gasteiger partial charge in [0.1, 0.15) is 11.6 Å². The van der Waals surface area contributed by atoms with Crippen LogP contribution in [0.25, 0.3) is 5.65 Å². The van der Waals surface area contributed by atoms with E-state index in [1.54, 1.807) is 4.52 Å². The second-order valence-electron chi connectivity index (χ2n) is 5.61. The maximum Gasteiger partial charge on any atom is 0.178 e. The number of hydrogen-bond donors (Lipinski definition) is 1. The van der Waals surface area contributed by atoms with E-state index < -0.39 is 0 Å². The Bertz CT molecular complexity index is 863. The fourth-order valence-electron chi connectivity index (χ4n) is 2.85. The van der Waals surface area contributed by atoms with Crippen molar-refractivity contribution in [3.8, 4) is 5.75 Å². The summed E-state index contributed by atoms with van der Waals surface area (Å²) < 4.78 is 7.54. The average molecular weight is 330 g/mol. The Labute approximate surface area is 138 Å². The number of aryl methyl sites for hydroxylation is 1. The molecule has 0 spiro atoms. The van der Waals surface area contributed by atoms with Gasteiger partial charge in [-0.1, -0.05) is 17.7 Å². The van der Waals surface area contributed by atoms with Crippen molar-refractivity contribution in [3.05, 3.63) is 46.7 Å². The van der Waals surface area contributed by atoms with Crippen molar-refractivity contribution in [1.82, 2.24) is 19.8 Å². The zero-order valence-electron chi connectivity index (χ0n) is 12.7. The summed E-state index contributed by atoms with van der Waals surface area (Å²) in [6.07, 6.45) is 1.94. The molecule has 7 heteroatoms. The number of ether oxygens (including phenoxy) is 1. The molecule has 0 radical (unpaired) electrons. The van der Waals surface area contributed by atoms with Crippen LogP contribution in [0.1, 0.15) is 30.3 Å². The van der Waals surface area contributed by atoms with E-state index in [9.17, 15) is 0 Å². The van der Waals surface area contributed by atoms with Gasteiger partial charge in [-0.25, -0.2) is 0 Å². The molecule has 6 nitrogen and oxygen atoms in total. The lowest BCUT2D eigenvalue weighted by Crippen LogP contribution is -2.12. The Balaban J connectivity index is 1.68. The van der Waals surface area contributed by atoms with Crippen LogP contribution in [0.15, 0.2) is 30.3 Å². The maximum atomic E-state index is 6.08. The Morgan fingerprint density at radius 1 is 1.26 bits per heavy atom. The summed E-state index contributed by atoms with van der Waals surface area (Å²) >= 11 is 6.08. The van der Waals surface area contributed by atoms with Crippen molar-refractivity contribution in [2.45, 2.75) is 25.8 Å². The fraction of sp³-hybridized carbons (Fsp3) is 0.312. The molecule has 4 rings (SSSR count). The van der Waals surface area contributed by atoms with Crippen molar-refractivity contribution in [1.29, 1.82) is 0 Å². The van der Waals surface area contributed by atoms with Gasteiger partial charge in [0.05, 0.1) is 12.6 Å². The van der Waals surface area contributed by atoms with E-state index in [0.29, 0.717) is 11.6 Å². The second kappa shape index (κ2) is 5.70. The van der Waals surface area contributed by atoms with Gasteiger partial charge in [-0.15, -0.1) is 15.3 Å². The topological polar surface area (TPSA) is 64.3 Å². The van der Waals surface area contributed by atoms with E-state index in [1.807, 2.05) is 37.3 Å². The average Bonchev–Trinajstić information content (AvgIpc) is 2.80. The minimum atomic E-state index is 0.131. The number of nitrogens with zero attached hydrogens (tertiary/aromatic N) is 4. The molecule has 0 fully saturated rings. The Morgan fingerprint density at radius 3 is 3.09 bits per heavy atom. The summed E-state index contributed by atoms with van der Waals surface area (Å²) in [5, 5.41) is 16.8.